The fourth-order valence-electron chi connectivity index (χ4n) is 2.25. The van der Waals surface area contributed by atoms with Crippen LogP contribution in [0.3, 0.4) is 0 Å². The standard InChI is InChI=1S/C17H19F3N2O2S/c1-21(2)15-9-7-13(8-10-15)12-22(3)25(23,24)16-6-4-5-14(11-16)17(18,19)20/h4-11H,12H2,1-3H3. The van der Waals surface area contributed by atoms with Crippen LogP contribution in [0.25, 0.3) is 0 Å². The Morgan fingerprint density at radius 3 is 2.08 bits per heavy atom. The highest BCUT2D eigenvalue weighted by molar-refractivity contribution is 7.89. The lowest BCUT2D eigenvalue weighted by molar-refractivity contribution is -0.137. The summed E-state index contributed by atoms with van der Waals surface area (Å²) in [4.78, 5) is 1.53. The lowest BCUT2D eigenvalue weighted by Crippen LogP contribution is -2.26. The van der Waals surface area contributed by atoms with Gasteiger partial charge in [-0.15, -0.1) is 0 Å². The monoisotopic (exact) mass is 372 g/mol. The molecule has 0 bridgehead atoms. The molecule has 0 aromatic heterocycles. The molecule has 0 fully saturated rings. The van der Waals surface area contributed by atoms with Gasteiger partial charge in [0.2, 0.25) is 10.0 Å². The van der Waals surface area contributed by atoms with Crippen molar-refractivity contribution in [3.63, 3.8) is 0 Å². The molecule has 0 N–H and O–H groups in total. The maximum absolute atomic E-state index is 12.8. The first-order valence-corrected chi connectivity index (χ1v) is 8.85. The van der Waals surface area contributed by atoms with E-state index in [1.807, 2.05) is 31.1 Å². The van der Waals surface area contributed by atoms with Crippen LogP contribution < -0.4 is 4.90 Å². The van der Waals surface area contributed by atoms with Crippen LogP contribution in [-0.4, -0.2) is 33.9 Å². The fraction of sp³-hybridized carbons (Fsp3) is 0.294. The number of alkyl halides is 3. The van der Waals surface area contributed by atoms with Crippen molar-refractivity contribution in [1.29, 1.82) is 0 Å². The van der Waals surface area contributed by atoms with Crippen LogP contribution in [0.2, 0.25) is 0 Å². The predicted octanol–water partition coefficient (Wildman–Crippen LogP) is 3.59. The van der Waals surface area contributed by atoms with Crippen molar-refractivity contribution in [3.8, 4) is 0 Å². The SMILES string of the molecule is CN(C)c1ccc(CN(C)S(=O)(=O)c2cccc(C(F)(F)F)c2)cc1. The van der Waals surface area contributed by atoms with Crippen molar-refractivity contribution in [2.24, 2.45) is 0 Å². The summed E-state index contributed by atoms with van der Waals surface area (Å²) in [5, 5.41) is 0. The van der Waals surface area contributed by atoms with Gasteiger partial charge in [-0.3, -0.25) is 0 Å². The highest BCUT2D eigenvalue weighted by Crippen LogP contribution is 2.31. The minimum Gasteiger partial charge on any atom is -0.378 e. The van der Waals surface area contributed by atoms with E-state index in [2.05, 4.69) is 0 Å². The first-order valence-electron chi connectivity index (χ1n) is 7.41. The molecule has 2 aromatic carbocycles. The van der Waals surface area contributed by atoms with Gasteiger partial charge in [0.1, 0.15) is 0 Å². The quantitative estimate of drug-likeness (QED) is 0.805. The Morgan fingerprint density at radius 2 is 1.56 bits per heavy atom. The molecule has 0 spiro atoms. The summed E-state index contributed by atoms with van der Waals surface area (Å²) in [6.07, 6.45) is -4.59. The summed E-state index contributed by atoms with van der Waals surface area (Å²) in [5.74, 6) is 0. The summed E-state index contributed by atoms with van der Waals surface area (Å²) in [6, 6.07) is 11.0. The van der Waals surface area contributed by atoms with E-state index in [9.17, 15) is 21.6 Å². The maximum atomic E-state index is 12.8. The molecule has 0 aliphatic carbocycles. The number of benzene rings is 2. The zero-order valence-electron chi connectivity index (χ0n) is 14.1. The van der Waals surface area contributed by atoms with Crippen LogP contribution in [0.15, 0.2) is 53.4 Å². The predicted molar refractivity (Wildman–Crippen MR) is 90.9 cm³/mol. The Morgan fingerprint density at radius 1 is 0.960 bits per heavy atom. The first-order chi connectivity index (χ1) is 11.5. The number of rotatable bonds is 5. The second-order valence-electron chi connectivity index (χ2n) is 5.85. The van der Waals surface area contributed by atoms with Crippen molar-refractivity contribution in [1.82, 2.24) is 4.31 Å². The highest BCUT2D eigenvalue weighted by atomic mass is 32.2. The van der Waals surface area contributed by atoms with Gasteiger partial charge >= 0.3 is 6.18 Å². The van der Waals surface area contributed by atoms with Crippen molar-refractivity contribution in [3.05, 3.63) is 59.7 Å². The molecule has 2 rings (SSSR count). The molecular weight excluding hydrogens is 353 g/mol. The largest absolute Gasteiger partial charge is 0.416 e. The average molecular weight is 372 g/mol. The molecule has 0 radical (unpaired) electrons. The van der Waals surface area contributed by atoms with Crippen LogP contribution in [0, 0.1) is 0 Å². The van der Waals surface area contributed by atoms with E-state index in [-0.39, 0.29) is 11.4 Å². The molecule has 4 nitrogen and oxygen atoms in total. The summed E-state index contributed by atoms with van der Waals surface area (Å²) in [7, 11) is 1.10. The van der Waals surface area contributed by atoms with Crippen molar-refractivity contribution >= 4 is 15.7 Å². The first kappa shape index (κ1) is 19.3. The summed E-state index contributed by atoms with van der Waals surface area (Å²) >= 11 is 0. The molecule has 0 aliphatic heterocycles. The van der Waals surface area contributed by atoms with Gasteiger partial charge in [0.05, 0.1) is 10.5 Å². The average Bonchev–Trinajstić information content (AvgIpc) is 2.54. The summed E-state index contributed by atoms with van der Waals surface area (Å²) < 4.78 is 64.5. The van der Waals surface area contributed by atoms with Gasteiger partial charge in [0, 0.05) is 33.4 Å². The lowest BCUT2D eigenvalue weighted by atomic mass is 10.2. The Hall–Kier alpha value is -2.06. The molecule has 0 saturated heterocycles. The molecular formula is C17H19F3N2O2S. The zero-order chi connectivity index (χ0) is 18.8. The van der Waals surface area contributed by atoms with Crippen molar-refractivity contribution in [2.45, 2.75) is 17.6 Å². The van der Waals surface area contributed by atoms with Crippen LogP contribution in [0.1, 0.15) is 11.1 Å². The Labute approximate surface area is 145 Å². The maximum Gasteiger partial charge on any atom is 0.416 e. The van der Waals surface area contributed by atoms with Gasteiger partial charge < -0.3 is 4.90 Å². The molecule has 8 heteroatoms. The highest BCUT2D eigenvalue weighted by Gasteiger charge is 2.32. The molecule has 0 heterocycles. The minimum atomic E-state index is -4.59. The van der Waals surface area contributed by atoms with Crippen LogP contribution in [0.5, 0.6) is 0 Å². The molecule has 0 saturated carbocycles. The van der Waals surface area contributed by atoms with Gasteiger partial charge in [-0.05, 0) is 35.9 Å². The number of nitrogens with zero attached hydrogens (tertiary/aromatic N) is 2. The normalized spacial score (nSPS) is 12.4. The lowest BCUT2D eigenvalue weighted by Gasteiger charge is -2.19. The Bertz CT molecular complexity index is 832. The Kier molecular flexibility index (Phi) is 5.43. The third-order valence-corrected chi connectivity index (χ3v) is 5.53. The van der Waals surface area contributed by atoms with Gasteiger partial charge in [0.15, 0.2) is 0 Å². The van der Waals surface area contributed by atoms with Crippen LogP contribution >= 0.6 is 0 Å². The smallest absolute Gasteiger partial charge is 0.378 e. The molecule has 0 aliphatic rings. The summed E-state index contributed by atoms with van der Waals surface area (Å²) in [5.41, 5.74) is 0.716. The minimum absolute atomic E-state index is 0.0618. The molecule has 25 heavy (non-hydrogen) atoms. The van der Waals surface area contributed by atoms with Crippen LogP contribution in [-0.2, 0) is 22.7 Å². The molecule has 2 aromatic rings. The zero-order valence-corrected chi connectivity index (χ0v) is 14.9. The fourth-order valence-corrected chi connectivity index (χ4v) is 3.46. The van der Waals surface area contributed by atoms with E-state index in [1.165, 1.54) is 7.05 Å². The molecule has 0 amide bonds. The number of halogens is 3. The third-order valence-electron chi connectivity index (χ3n) is 3.73. The second-order valence-corrected chi connectivity index (χ2v) is 7.89. The topological polar surface area (TPSA) is 40.6 Å². The van der Waals surface area contributed by atoms with Crippen LogP contribution in [0.4, 0.5) is 18.9 Å². The number of anilines is 1. The van der Waals surface area contributed by atoms with Crippen molar-refractivity contribution < 1.29 is 21.6 Å². The van der Waals surface area contributed by atoms with E-state index in [1.54, 1.807) is 12.1 Å². The van der Waals surface area contributed by atoms with E-state index < -0.39 is 21.8 Å². The second kappa shape index (κ2) is 7.05. The van der Waals surface area contributed by atoms with Gasteiger partial charge in [-0.2, -0.15) is 17.5 Å². The number of hydrogen-bond donors (Lipinski definition) is 0. The van der Waals surface area contributed by atoms with Crippen molar-refractivity contribution in [2.75, 3.05) is 26.0 Å². The molecule has 0 atom stereocenters. The summed E-state index contributed by atoms with van der Waals surface area (Å²) in [6.45, 7) is 0.0618. The van der Waals surface area contributed by atoms with E-state index in [0.29, 0.717) is 6.07 Å². The van der Waals surface area contributed by atoms with E-state index in [0.717, 1.165) is 33.8 Å². The van der Waals surface area contributed by atoms with Gasteiger partial charge in [-0.1, -0.05) is 18.2 Å². The Balaban J connectivity index is 2.24. The van der Waals surface area contributed by atoms with Gasteiger partial charge in [-0.25, -0.2) is 8.42 Å². The number of sulfonamides is 1. The van der Waals surface area contributed by atoms with E-state index in [4.69, 9.17) is 0 Å². The van der Waals surface area contributed by atoms with E-state index >= 15 is 0 Å². The number of hydrogen-bond acceptors (Lipinski definition) is 3. The molecule has 136 valence electrons. The third kappa shape index (κ3) is 4.52. The van der Waals surface area contributed by atoms with Gasteiger partial charge in [0.25, 0.3) is 0 Å². The molecule has 0 unspecified atom stereocenters.